The fourth-order valence-electron chi connectivity index (χ4n) is 8.07. The van der Waals surface area contributed by atoms with E-state index < -0.39 is 5.41 Å². The number of Topliss-reactive ketones (excluding diaryl/α,β-unsaturated/α-hetero) is 2. The van der Waals surface area contributed by atoms with Crippen molar-refractivity contribution in [2.75, 3.05) is 0 Å². The second-order valence-electron chi connectivity index (χ2n) is 12.3. The molecule has 5 rings (SSSR count). The minimum atomic E-state index is -0.727. The number of rotatable bonds is 2. The summed E-state index contributed by atoms with van der Waals surface area (Å²) in [5.74, 6) is -0.130. The van der Waals surface area contributed by atoms with Crippen LogP contribution in [0.4, 0.5) is 0 Å². The molecule has 1 aromatic carbocycles. The lowest BCUT2D eigenvalue weighted by atomic mass is 9.42. The van der Waals surface area contributed by atoms with Gasteiger partial charge in [-0.1, -0.05) is 49.8 Å². The number of aryl methyl sites for hydroxylation is 2. The number of pyridine rings is 1. The molecule has 0 spiro atoms. The molecule has 2 aromatic rings. The number of carbonyl (C=O) groups excluding carboxylic acids is 2. The van der Waals surface area contributed by atoms with Gasteiger partial charge in [0.05, 0.1) is 11.0 Å². The number of ketones is 2. The van der Waals surface area contributed by atoms with Crippen molar-refractivity contribution >= 4 is 17.1 Å². The molecular formula is C33H37NO2. The van der Waals surface area contributed by atoms with E-state index in [2.05, 4.69) is 70.4 Å². The average Bonchev–Trinajstić information content (AvgIpc) is 2.76. The Morgan fingerprint density at radius 1 is 1.00 bits per heavy atom. The molecule has 3 aliphatic rings. The van der Waals surface area contributed by atoms with Gasteiger partial charge in [-0.25, -0.2) is 0 Å². The van der Waals surface area contributed by atoms with Crippen LogP contribution in [0, 0.1) is 30.1 Å². The monoisotopic (exact) mass is 479 g/mol. The van der Waals surface area contributed by atoms with Gasteiger partial charge < -0.3 is 0 Å². The third-order valence-electron chi connectivity index (χ3n) is 9.75. The molecule has 0 radical (unpaired) electrons. The summed E-state index contributed by atoms with van der Waals surface area (Å²) >= 11 is 0. The lowest BCUT2D eigenvalue weighted by Crippen LogP contribution is -2.56. The smallest absolute Gasteiger partial charge is 0.176 e. The zero-order valence-corrected chi connectivity index (χ0v) is 23.0. The Morgan fingerprint density at radius 3 is 2.31 bits per heavy atom. The lowest BCUT2D eigenvalue weighted by molar-refractivity contribution is -0.134. The summed E-state index contributed by atoms with van der Waals surface area (Å²) in [6.07, 6.45) is 4.49. The Morgan fingerprint density at radius 2 is 1.69 bits per heavy atom. The Labute approximate surface area is 215 Å². The van der Waals surface area contributed by atoms with Gasteiger partial charge in [0.15, 0.2) is 11.6 Å². The lowest BCUT2D eigenvalue weighted by Gasteiger charge is -2.60. The highest BCUT2D eigenvalue weighted by atomic mass is 16.1. The Bertz CT molecular complexity index is 1440. The maximum Gasteiger partial charge on any atom is 0.176 e. The van der Waals surface area contributed by atoms with Gasteiger partial charge in [-0.2, -0.15) is 0 Å². The molecule has 0 unspecified atom stereocenters. The van der Waals surface area contributed by atoms with Crippen LogP contribution in [-0.4, -0.2) is 16.6 Å². The first-order valence-electron chi connectivity index (χ1n) is 13.0. The van der Waals surface area contributed by atoms with E-state index in [4.69, 9.17) is 0 Å². The zero-order valence-electron chi connectivity index (χ0n) is 23.0. The van der Waals surface area contributed by atoms with E-state index in [0.29, 0.717) is 5.57 Å². The van der Waals surface area contributed by atoms with Crippen LogP contribution in [0.25, 0.3) is 16.7 Å². The minimum absolute atomic E-state index is 0.0110. The Hall–Kier alpha value is -3.07. The van der Waals surface area contributed by atoms with Gasteiger partial charge in [0.25, 0.3) is 0 Å². The number of carbonyl (C=O) groups is 2. The van der Waals surface area contributed by atoms with Gasteiger partial charge in [0.1, 0.15) is 0 Å². The van der Waals surface area contributed by atoms with Gasteiger partial charge in [-0.05, 0) is 111 Å². The maximum absolute atomic E-state index is 14.1. The Balaban J connectivity index is 1.76. The number of allylic oxidation sites excluding steroid dienone is 5. The molecule has 1 aromatic heterocycles. The standard InChI is InChI=1S/C33H37NO2/c1-18-10-13-25(24-12-11-20(3)34-16-24)26-15-31(7)17-32(8)14-19(2)28(23(6)35)30(36)33(32,9)22(5)29(31)21(4)27(18)26/h10-13,16H,4,14-15,17H2,1-3,5-9H3/t31-,32+,33+/m0/s1. The SMILES string of the molecule is C=C1C2=C(C)[C@]3(C)C(=O)C(C(C)=O)=C(C)C[C@]3(C)C[C@]2(C)Cc2c(-c3ccc(C)nc3)ccc(C)c21. The van der Waals surface area contributed by atoms with Crippen molar-refractivity contribution < 1.29 is 9.59 Å². The van der Waals surface area contributed by atoms with Crippen LogP contribution in [0.15, 0.2) is 59.3 Å². The zero-order chi connectivity index (χ0) is 26.4. The number of aromatic nitrogens is 1. The molecule has 0 fully saturated rings. The molecule has 36 heavy (non-hydrogen) atoms. The van der Waals surface area contributed by atoms with Crippen molar-refractivity contribution in [2.45, 2.75) is 74.7 Å². The van der Waals surface area contributed by atoms with E-state index >= 15 is 0 Å². The van der Waals surface area contributed by atoms with Crippen molar-refractivity contribution in [1.29, 1.82) is 0 Å². The molecule has 3 heteroatoms. The summed E-state index contributed by atoms with van der Waals surface area (Å²) in [5.41, 5.74) is 10.6. The van der Waals surface area contributed by atoms with Gasteiger partial charge in [-0.3, -0.25) is 14.6 Å². The molecule has 0 saturated heterocycles. The van der Waals surface area contributed by atoms with Crippen LogP contribution >= 0.6 is 0 Å². The molecule has 3 aliphatic carbocycles. The molecule has 0 saturated carbocycles. The van der Waals surface area contributed by atoms with E-state index in [1.807, 2.05) is 20.0 Å². The van der Waals surface area contributed by atoms with Gasteiger partial charge in [0.2, 0.25) is 0 Å². The first-order chi connectivity index (χ1) is 16.7. The fourth-order valence-corrected chi connectivity index (χ4v) is 8.07. The number of hydrogen-bond donors (Lipinski definition) is 0. The highest BCUT2D eigenvalue weighted by Gasteiger charge is 2.62. The summed E-state index contributed by atoms with van der Waals surface area (Å²) in [6.45, 7) is 21.1. The van der Waals surface area contributed by atoms with Crippen molar-refractivity contribution in [3.05, 3.63) is 81.7 Å². The summed E-state index contributed by atoms with van der Waals surface area (Å²) in [6, 6.07) is 8.63. The van der Waals surface area contributed by atoms with Gasteiger partial charge in [-0.15, -0.1) is 0 Å². The van der Waals surface area contributed by atoms with Crippen molar-refractivity contribution in [2.24, 2.45) is 16.2 Å². The normalized spacial score (nSPS) is 29.7. The predicted molar refractivity (Wildman–Crippen MR) is 147 cm³/mol. The molecule has 186 valence electrons. The largest absolute Gasteiger partial charge is 0.294 e. The number of nitrogens with zero attached hydrogens (tertiary/aromatic N) is 1. The maximum atomic E-state index is 14.1. The summed E-state index contributed by atoms with van der Waals surface area (Å²) in [4.78, 5) is 31.2. The van der Waals surface area contributed by atoms with Crippen LogP contribution in [-0.2, 0) is 16.0 Å². The van der Waals surface area contributed by atoms with E-state index in [-0.39, 0.29) is 22.4 Å². The highest BCUT2D eigenvalue weighted by molar-refractivity contribution is 6.23. The topological polar surface area (TPSA) is 47.0 Å². The molecule has 0 N–H and O–H groups in total. The highest BCUT2D eigenvalue weighted by Crippen LogP contribution is 2.68. The van der Waals surface area contributed by atoms with Crippen LogP contribution in [0.5, 0.6) is 0 Å². The fraction of sp³-hybridized carbons (Fsp3) is 0.424. The minimum Gasteiger partial charge on any atom is -0.294 e. The first kappa shape index (κ1) is 24.6. The summed E-state index contributed by atoms with van der Waals surface area (Å²) in [5, 5.41) is 0. The average molecular weight is 480 g/mol. The molecule has 0 amide bonds. The number of benzene rings is 1. The molecule has 3 nitrogen and oxygen atoms in total. The van der Waals surface area contributed by atoms with Crippen molar-refractivity contribution in [3.8, 4) is 11.1 Å². The first-order valence-corrected chi connectivity index (χ1v) is 13.0. The number of fused-ring (bicyclic) bond motifs is 3. The summed E-state index contributed by atoms with van der Waals surface area (Å²) in [7, 11) is 0. The quantitative estimate of drug-likeness (QED) is 0.418. The predicted octanol–water partition coefficient (Wildman–Crippen LogP) is 7.55. The van der Waals surface area contributed by atoms with E-state index in [0.717, 1.165) is 47.2 Å². The second kappa shape index (κ2) is 7.71. The number of hydrogen-bond acceptors (Lipinski definition) is 3. The van der Waals surface area contributed by atoms with Crippen LogP contribution in [0.2, 0.25) is 0 Å². The van der Waals surface area contributed by atoms with E-state index in [1.54, 1.807) is 0 Å². The van der Waals surface area contributed by atoms with Crippen LogP contribution in [0.1, 0.15) is 76.8 Å². The van der Waals surface area contributed by atoms with Crippen molar-refractivity contribution in [3.63, 3.8) is 0 Å². The molecule has 0 aliphatic heterocycles. The van der Waals surface area contributed by atoms with Crippen LogP contribution < -0.4 is 0 Å². The van der Waals surface area contributed by atoms with Crippen LogP contribution in [0.3, 0.4) is 0 Å². The van der Waals surface area contributed by atoms with E-state index in [9.17, 15) is 9.59 Å². The second-order valence-corrected chi connectivity index (χ2v) is 12.3. The van der Waals surface area contributed by atoms with Gasteiger partial charge >= 0.3 is 0 Å². The molecule has 3 atom stereocenters. The van der Waals surface area contributed by atoms with Gasteiger partial charge in [0, 0.05) is 17.5 Å². The third-order valence-corrected chi connectivity index (χ3v) is 9.75. The molecular weight excluding hydrogens is 442 g/mol. The summed E-state index contributed by atoms with van der Waals surface area (Å²) < 4.78 is 0. The molecule has 1 heterocycles. The van der Waals surface area contributed by atoms with Crippen molar-refractivity contribution in [1.82, 2.24) is 4.98 Å². The third kappa shape index (κ3) is 3.07. The molecule has 0 bridgehead atoms. The van der Waals surface area contributed by atoms with E-state index in [1.165, 1.54) is 34.8 Å². The Kier molecular flexibility index (Phi) is 5.27.